The van der Waals surface area contributed by atoms with Gasteiger partial charge in [0.15, 0.2) is 0 Å². The predicted octanol–water partition coefficient (Wildman–Crippen LogP) is 4.73. The van der Waals surface area contributed by atoms with Crippen LogP contribution in [0.15, 0.2) is 36.4 Å². The molecule has 0 bridgehead atoms. The molecule has 2 aromatic carbocycles. The Kier molecular flexibility index (Phi) is 6.89. The maximum atomic E-state index is 12.2. The first-order valence-corrected chi connectivity index (χ1v) is 9.04. The minimum Gasteiger partial charge on any atom is -0.372 e. The molecule has 0 radical (unpaired) electrons. The number of aryl methyl sites for hydroxylation is 1. The van der Waals surface area contributed by atoms with Gasteiger partial charge in [-0.15, -0.1) is 0 Å². The monoisotopic (exact) mass is 393 g/mol. The van der Waals surface area contributed by atoms with Crippen molar-refractivity contribution < 1.29 is 9.59 Å². The zero-order valence-electron chi connectivity index (χ0n) is 14.9. The molecule has 0 aromatic heterocycles. The zero-order valence-corrected chi connectivity index (χ0v) is 16.4. The van der Waals surface area contributed by atoms with Crippen LogP contribution in [0.5, 0.6) is 0 Å². The number of nitrogens with one attached hydrogen (secondary N) is 2. The van der Waals surface area contributed by atoms with Gasteiger partial charge in [-0.2, -0.15) is 0 Å². The highest BCUT2D eigenvalue weighted by Gasteiger charge is 2.17. The van der Waals surface area contributed by atoms with Crippen molar-refractivity contribution in [3.63, 3.8) is 0 Å². The quantitative estimate of drug-likeness (QED) is 0.721. The molecule has 26 heavy (non-hydrogen) atoms. The van der Waals surface area contributed by atoms with Crippen LogP contribution >= 0.6 is 23.2 Å². The zero-order chi connectivity index (χ0) is 19.3. The van der Waals surface area contributed by atoms with Gasteiger partial charge in [-0.05, 0) is 62.7 Å². The highest BCUT2D eigenvalue weighted by atomic mass is 35.5. The summed E-state index contributed by atoms with van der Waals surface area (Å²) in [5.74, 6) is -1.60. The van der Waals surface area contributed by atoms with E-state index in [9.17, 15) is 9.59 Å². The Balaban J connectivity index is 2.09. The lowest BCUT2D eigenvalue weighted by molar-refractivity contribution is -0.133. The van der Waals surface area contributed by atoms with Crippen molar-refractivity contribution in [3.8, 4) is 0 Å². The molecule has 0 atom stereocenters. The standard InChI is InChI=1S/C19H21Cl2N3O2/c1-4-24(5-2)14-7-9-16(12(3)10-14)22-18(25)19(26)23-17-11-13(20)6-8-15(17)21/h6-11H,4-5H2,1-3H3,(H,22,25)(H,23,26). The lowest BCUT2D eigenvalue weighted by atomic mass is 10.1. The summed E-state index contributed by atoms with van der Waals surface area (Å²) in [6.07, 6.45) is 0. The number of halogens is 2. The third kappa shape index (κ3) is 4.90. The second kappa shape index (κ2) is 8.92. The smallest absolute Gasteiger partial charge is 0.314 e. The Morgan fingerprint density at radius 1 is 0.923 bits per heavy atom. The highest BCUT2D eigenvalue weighted by molar-refractivity contribution is 6.45. The molecule has 138 valence electrons. The van der Waals surface area contributed by atoms with Crippen LogP contribution in [0, 0.1) is 6.92 Å². The van der Waals surface area contributed by atoms with Crippen molar-refractivity contribution in [2.45, 2.75) is 20.8 Å². The fourth-order valence-corrected chi connectivity index (χ4v) is 2.86. The summed E-state index contributed by atoms with van der Waals surface area (Å²) in [4.78, 5) is 26.5. The van der Waals surface area contributed by atoms with E-state index in [0.717, 1.165) is 24.3 Å². The van der Waals surface area contributed by atoms with Crippen LogP contribution in [0.1, 0.15) is 19.4 Å². The number of anilines is 3. The number of nitrogens with zero attached hydrogens (tertiary/aromatic N) is 1. The summed E-state index contributed by atoms with van der Waals surface area (Å²) in [7, 11) is 0. The van der Waals surface area contributed by atoms with Gasteiger partial charge in [0, 0.05) is 29.5 Å². The number of hydrogen-bond acceptors (Lipinski definition) is 3. The van der Waals surface area contributed by atoms with Crippen molar-refractivity contribution in [2.24, 2.45) is 0 Å². The van der Waals surface area contributed by atoms with Crippen molar-refractivity contribution in [3.05, 3.63) is 52.0 Å². The second-order valence-electron chi connectivity index (χ2n) is 5.70. The van der Waals surface area contributed by atoms with E-state index in [1.807, 2.05) is 19.1 Å². The number of rotatable bonds is 5. The molecular weight excluding hydrogens is 373 g/mol. The van der Waals surface area contributed by atoms with Gasteiger partial charge in [-0.1, -0.05) is 23.2 Å². The Labute approximate surface area is 163 Å². The van der Waals surface area contributed by atoms with Crippen LogP contribution in [0.3, 0.4) is 0 Å². The molecule has 7 heteroatoms. The maximum absolute atomic E-state index is 12.2. The number of carbonyl (C=O) groups is 2. The van der Waals surface area contributed by atoms with Crippen LogP contribution in [-0.4, -0.2) is 24.9 Å². The van der Waals surface area contributed by atoms with Crippen molar-refractivity contribution in [2.75, 3.05) is 28.6 Å². The summed E-state index contributed by atoms with van der Waals surface area (Å²) in [6, 6.07) is 10.3. The minimum atomic E-state index is -0.818. The summed E-state index contributed by atoms with van der Waals surface area (Å²) in [5, 5.41) is 5.80. The van der Waals surface area contributed by atoms with Crippen LogP contribution in [0.4, 0.5) is 17.1 Å². The van der Waals surface area contributed by atoms with Gasteiger partial charge in [0.05, 0.1) is 10.7 Å². The Bertz CT molecular complexity index is 820. The summed E-state index contributed by atoms with van der Waals surface area (Å²) < 4.78 is 0. The van der Waals surface area contributed by atoms with Gasteiger partial charge >= 0.3 is 11.8 Å². The molecule has 0 fully saturated rings. The first kappa shape index (κ1) is 20.1. The molecule has 0 saturated carbocycles. The van der Waals surface area contributed by atoms with E-state index in [0.29, 0.717) is 15.7 Å². The van der Waals surface area contributed by atoms with Crippen molar-refractivity contribution in [1.82, 2.24) is 0 Å². The largest absolute Gasteiger partial charge is 0.372 e. The van der Waals surface area contributed by atoms with Gasteiger partial charge < -0.3 is 15.5 Å². The third-order valence-corrected chi connectivity index (χ3v) is 4.53. The lowest BCUT2D eigenvalue weighted by Gasteiger charge is -2.22. The van der Waals surface area contributed by atoms with Crippen LogP contribution in [0.2, 0.25) is 10.0 Å². The van der Waals surface area contributed by atoms with E-state index < -0.39 is 11.8 Å². The SMILES string of the molecule is CCN(CC)c1ccc(NC(=O)C(=O)Nc2cc(Cl)ccc2Cl)c(C)c1. The molecule has 2 N–H and O–H groups in total. The number of carbonyl (C=O) groups excluding carboxylic acids is 2. The molecular formula is C19H21Cl2N3O2. The Hall–Kier alpha value is -2.24. The third-order valence-electron chi connectivity index (χ3n) is 3.97. The molecule has 0 heterocycles. The molecule has 0 saturated heterocycles. The number of hydrogen-bond donors (Lipinski definition) is 2. The number of amides is 2. The van der Waals surface area contributed by atoms with Gasteiger partial charge in [0.1, 0.15) is 0 Å². The van der Waals surface area contributed by atoms with Crippen LogP contribution in [0.25, 0.3) is 0 Å². The molecule has 2 aromatic rings. The van der Waals surface area contributed by atoms with Crippen LogP contribution in [-0.2, 0) is 9.59 Å². The molecule has 0 spiro atoms. The van der Waals surface area contributed by atoms with E-state index >= 15 is 0 Å². The minimum absolute atomic E-state index is 0.285. The molecule has 0 aliphatic rings. The lowest BCUT2D eigenvalue weighted by Crippen LogP contribution is -2.29. The topological polar surface area (TPSA) is 61.4 Å². The van der Waals surface area contributed by atoms with Gasteiger partial charge in [0.2, 0.25) is 0 Å². The van der Waals surface area contributed by atoms with Crippen molar-refractivity contribution >= 4 is 52.1 Å². The first-order chi connectivity index (χ1) is 12.3. The van der Waals surface area contributed by atoms with Crippen molar-refractivity contribution in [1.29, 1.82) is 0 Å². The van der Waals surface area contributed by atoms with Gasteiger partial charge in [0.25, 0.3) is 0 Å². The molecule has 2 amide bonds. The molecule has 0 aliphatic heterocycles. The summed E-state index contributed by atoms with van der Waals surface area (Å²) in [6.45, 7) is 7.84. The average molecular weight is 394 g/mol. The van der Waals surface area contributed by atoms with E-state index in [1.165, 1.54) is 6.07 Å². The fourth-order valence-electron chi connectivity index (χ4n) is 2.52. The van der Waals surface area contributed by atoms with Gasteiger partial charge in [-0.25, -0.2) is 0 Å². The molecule has 0 aliphatic carbocycles. The fraction of sp³-hybridized carbons (Fsp3) is 0.263. The molecule has 0 unspecified atom stereocenters. The summed E-state index contributed by atoms with van der Waals surface area (Å²) >= 11 is 11.9. The summed E-state index contributed by atoms with van der Waals surface area (Å²) in [5.41, 5.74) is 2.81. The van der Waals surface area contributed by atoms with E-state index in [2.05, 4.69) is 29.4 Å². The number of benzene rings is 2. The molecule has 2 rings (SSSR count). The second-order valence-corrected chi connectivity index (χ2v) is 6.55. The normalized spacial score (nSPS) is 10.3. The maximum Gasteiger partial charge on any atom is 0.314 e. The first-order valence-electron chi connectivity index (χ1n) is 8.28. The van der Waals surface area contributed by atoms with E-state index in [1.54, 1.807) is 18.2 Å². The van der Waals surface area contributed by atoms with Crippen LogP contribution < -0.4 is 15.5 Å². The Morgan fingerprint density at radius 2 is 1.54 bits per heavy atom. The average Bonchev–Trinajstić information content (AvgIpc) is 2.61. The van der Waals surface area contributed by atoms with E-state index in [4.69, 9.17) is 23.2 Å². The Morgan fingerprint density at radius 3 is 2.12 bits per heavy atom. The predicted molar refractivity (Wildman–Crippen MR) is 108 cm³/mol. The highest BCUT2D eigenvalue weighted by Crippen LogP contribution is 2.26. The van der Waals surface area contributed by atoms with E-state index in [-0.39, 0.29) is 5.69 Å². The molecule has 5 nitrogen and oxygen atoms in total. The van der Waals surface area contributed by atoms with Gasteiger partial charge in [-0.3, -0.25) is 9.59 Å².